The Morgan fingerprint density at radius 2 is 2.17 bits per heavy atom. The van der Waals surface area contributed by atoms with Crippen molar-refractivity contribution in [1.82, 2.24) is 10.3 Å². The van der Waals surface area contributed by atoms with Gasteiger partial charge in [0, 0.05) is 30.1 Å². The van der Waals surface area contributed by atoms with Gasteiger partial charge in [-0.3, -0.25) is 9.78 Å². The van der Waals surface area contributed by atoms with Crippen LogP contribution >= 0.6 is 0 Å². The van der Waals surface area contributed by atoms with Crippen LogP contribution in [-0.4, -0.2) is 30.5 Å². The van der Waals surface area contributed by atoms with Gasteiger partial charge >= 0.3 is 5.97 Å². The van der Waals surface area contributed by atoms with E-state index in [1.807, 2.05) is 30.4 Å². The third kappa shape index (κ3) is 3.13. The van der Waals surface area contributed by atoms with Crippen molar-refractivity contribution in [3.05, 3.63) is 64.5 Å². The molecule has 2 aromatic rings. The fourth-order valence-corrected chi connectivity index (χ4v) is 2.57. The van der Waals surface area contributed by atoms with Crippen LogP contribution in [0.15, 0.2) is 36.7 Å². The Morgan fingerprint density at radius 1 is 1.30 bits per heavy atom. The lowest BCUT2D eigenvalue weighted by atomic mass is 9.97. The number of nitrogens with one attached hydrogen (secondary N) is 1. The van der Waals surface area contributed by atoms with Crippen LogP contribution in [0.5, 0.6) is 0 Å². The molecule has 1 amide bonds. The highest BCUT2D eigenvalue weighted by molar-refractivity contribution is 5.97. The highest BCUT2D eigenvalue weighted by Gasteiger charge is 2.16. The van der Waals surface area contributed by atoms with Crippen LogP contribution in [0.1, 0.15) is 37.4 Å². The quantitative estimate of drug-likeness (QED) is 0.884. The van der Waals surface area contributed by atoms with Crippen LogP contribution in [0.3, 0.4) is 0 Å². The number of amides is 1. The number of aromatic nitrogens is 1. The highest BCUT2D eigenvalue weighted by Crippen LogP contribution is 2.18. The van der Waals surface area contributed by atoms with Crippen molar-refractivity contribution in [3.63, 3.8) is 0 Å². The van der Waals surface area contributed by atoms with E-state index in [2.05, 4.69) is 10.3 Å². The average molecular weight is 308 g/mol. The molecule has 0 atom stereocenters. The van der Waals surface area contributed by atoms with Gasteiger partial charge in [0.1, 0.15) is 0 Å². The van der Waals surface area contributed by atoms with E-state index in [0.29, 0.717) is 17.7 Å². The first-order valence-electron chi connectivity index (χ1n) is 7.30. The first-order chi connectivity index (χ1) is 11.2. The fraction of sp³-hybridized carbons (Fsp3) is 0.167. The van der Waals surface area contributed by atoms with Gasteiger partial charge in [0.15, 0.2) is 0 Å². The molecule has 1 aliphatic rings. The molecule has 0 aliphatic carbocycles. The molecule has 1 N–H and O–H groups in total. The fourth-order valence-electron chi connectivity index (χ4n) is 2.57. The first kappa shape index (κ1) is 15.0. The van der Waals surface area contributed by atoms with E-state index >= 15 is 0 Å². The Kier molecular flexibility index (Phi) is 4.19. The molecule has 0 radical (unpaired) electrons. The summed E-state index contributed by atoms with van der Waals surface area (Å²) >= 11 is 0. The second-order valence-corrected chi connectivity index (χ2v) is 5.21. The molecule has 1 aliphatic heterocycles. The van der Waals surface area contributed by atoms with Gasteiger partial charge in [-0.2, -0.15) is 0 Å². The maximum Gasteiger partial charge on any atom is 0.338 e. The number of hydrogen-bond donors (Lipinski definition) is 1. The zero-order chi connectivity index (χ0) is 16.2. The molecule has 0 fully saturated rings. The molecule has 116 valence electrons. The van der Waals surface area contributed by atoms with Crippen molar-refractivity contribution >= 4 is 24.0 Å². The molecular weight excluding hydrogens is 292 g/mol. The lowest BCUT2D eigenvalue weighted by Gasteiger charge is -2.16. The number of rotatable bonds is 3. The number of pyridine rings is 1. The number of esters is 1. The second-order valence-electron chi connectivity index (χ2n) is 5.21. The first-order valence-corrected chi connectivity index (χ1v) is 7.30. The average Bonchev–Trinajstić information content (AvgIpc) is 2.59. The summed E-state index contributed by atoms with van der Waals surface area (Å²) in [5, 5.41) is 2.83. The number of carbonyl (C=O) groups is 2. The van der Waals surface area contributed by atoms with E-state index in [4.69, 9.17) is 4.74 Å². The number of hydrogen-bond acceptors (Lipinski definition) is 4. The van der Waals surface area contributed by atoms with Gasteiger partial charge in [0.25, 0.3) is 5.91 Å². The molecule has 1 aromatic carbocycles. The van der Waals surface area contributed by atoms with E-state index in [0.717, 1.165) is 23.1 Å². The van der Waals surface area contributed by atoms with Gasteiger partial charge in [-0.15, -0.1) is 0 Å². The minimum atomic E-state index is -0.394. The molecule has 1 aromatic heterocycles. The van der Waals surface area contributed by atoms with Gasteiger partial charge in [-0.05, 0) is 29.7 Å². The molecule has 0 saturated heterocycles. The van der Waals surface area contributed by atoms with E-state index < -0.39 is 5.97 Å². The minimum Gasteiger partial charge on any atom is -0.465 e. The summed E-state index contributed by atoms with van der Waals surface area (Å²) in [5.41, 5.74) is 3.89. The van der Waals surface area contributed by atoms with Gasteiger partial charge < -0.3 is 10.1 Å². The Morgan fingerprint density at radius 3 is 3.00 bits per heavy atom. The minimum absolute atomic E-state index is 0.0259. The maximum atomic E-state index is 11.7. The molecule has 5 heteroatoms. The Hall–Kier alpha value is -2.95. The molecule has 0 saturated carbocycles. The molecule has 3 rings (SSSR count). The van der Waals surface area contributed by atoms with Crippen LogP contribution in [0.25, 0.3) is 12.2 Å². The van der Waals surface area contributed by atoms with Gasteiger partial charge in [0.05, 0.1) is 12.7 Å². The summed E-state index contributed by atoms with van der Waals surface area (Å²) in [6, 6.07) is 7.34. The monoisotopic (exact) mass is 308 g/mol. The van der Waals surface area contributed by atoms with E-state index in [1.54, 1.807) is 18.5 Å². The third-order valence-corrected chi connectivity index (χ3v) is 3.77. The standard InChI is InChI=1S/C18H16N2O3/c1-23-18(22)16-7-8-19-11-14(16)4-2-12-3-5-15-13(10-12)6-9-20-17(15)21/h2-5,7-8,10-11H,6,9H2,1H3,(H,20,21)/b4-2+. The number of benzene rings is 1. The number of fused-ring (bicyclic) bond motifs is 1. The van der Waals surface area contributed by atoms with Crippen LogP contribution in [0.4, 0.5) is 0 Å². The molecule has 0 unspecified atom stereocenters. The summed E-state index contributed by atoms with van der Waals surface area (Å²) in [4.78, 5) is 27.5. The van der Waals surface area contributed by atoms with E-state index in [-0.39, 0.29) is 5.91 Å². The number of ether oxygens (including phenoxy) is 1. The van der Waals surface area contributed by atoms with Crippen molar-refractivity contribution in [2.24, 2.45) is 0 Å². The largest absolute Gasteiger partial charge is 0.465 e. The normalized spacial score (nSPS) is 13.5. The van der Waals surface area contributed by atoms with Gasteiger partial charge in [-0.25, -0.2) is 4.79 Å². The number of nitrogens with zero attached hydrogens (tertiary/aromatic N) is 1. The molecule has 2 heterocycles. The topological polar surface area (TPSA) is 68.3 Å². The summed E-state index contributed by atoms with van der Waals surface area (Å²) in [6.45, 7) is 0.661. The molecule has 0 bridgehead atoms. The van der Waals surface area contributed by atoms with E-state index in [9.17, 15) is 9.59 Å². The van der Waals surface area contributed by atoms with Crippen LogP contribution < -0.4 is 5.32 Å². The van der Waals surface area contributed by atoms with E-state index in [1.165, 1.54) is 7.11 Å². The van der Waals surface area contributed by atoms with Gasteiger partial charge in [0.2, 0.25) is 0 Å². The van der Waals surface area contributed by atoms with Gasteiger partial charge in [-0.1, -0.05) is 24.3 Å². The third-order valence-electron chi connectivity index (χ3n) is 3.77. The summed E-state index contributed by atoms with van der Waals surface area (Å²) in [6.07, 6.45) is 7.72. The summed E-state index contributed by atoms with van der Waals surface area (Å²) < 4.78 is 4.77. The van der Waals surface area contributed by atoms with Crippen molar-refractivity contribution in [3.8, 4) is 0 Å². The Balaban J connectivity index is 1.89. The van der Waals surface area contributed by atoms with Crippen LogP contribution in [0, 0.1) is 0 Å². The Bertz CT molecular complexity index is 797. The summed E-state index contributed by atoms with van der Waals surface area (Å²) in [5.74, 6) is -0.420. The number of methoxy groups -OCH3 is 1. The van der Waals surface area contributed by atoms with Crippen molar-refractivity contribution in [1.29, 1.82) is 0 Å². The smallest absolute Gasteiger partial charge is 0.338 e. The SMILES string of the molecule is COC(=O)c1ccncc1/C=C/c1ccc2c(c1)CCNC2=O. The predicted octanol–water partition coefficient (Wildman–Crippen LogP) is 2.32. The Labute approximate surface area is 134 Å². The highest BCUT2D eigenvalue weighted by atomic mass is 16.5. The zero-order valence-electron chi connectivity index (χ0n) is 12.7. The predicted molar refractivity (Wildman–Crippen MR) is 87.0 cm³/mol. The molecule has 23 heavy (non-hydrogen) atoms. The molecular formula is C18H16N2O3. The molecule has 5 nitrogen and oxygen atoms in total. The van der Waals surface area contributed by atoms with Crippen LogP contribution in [0.2, 0.25) is 0 Å². The van der Waals surface area contributed by atoms with Crippen LogP contribution in [-0.2, 0) is 11.2 Å². The van der Waals surface area contributed by atoms with Crippen molar-refractivity contribution in [2.75, 3.05) is 13.7 Å². The number of carbonyl (C=O) groups excluding carboxylic acids is 2. The summed E-state index contributed by atoms with van der Waals surface area (Å²) in [7, 11) is 1.35. The van der Waals surface area contributed by atoms with Crippen molar-refractivity contribution in [2.45, 2.75) is 6.42 Å². The van der Waals surface area contributed by atoms with Crippen molar-refractivity contribution < 1.29 is 14.3 Å². The second kappa shape index (κ2) is 6.44. The zero-order valence-corrected chi connectivity index (χ0v) is 12.7. The lowest BCUT2D eigenvalue weighted by molar-refractivity contribution is 0.0600. The molecule has 0 spiro atoms. The maximum absolute atomic E-state index is 11.7. The lowest BCUT2D eigenvalue weighted by Crippen LogP contribution is -2.31.